The molecule has 0 spiro atoms. The van der Waals surface area contributed by atoms with Gasteiger partial charge in [0.1, 0.15) is 0 Å². The molecule has 1 aliphatic heterocycles. The Labute approximate surface area is 154 Å². The lowest BCUT2D eigenvalue weighted by Gasteiger charge is -2.43. The number of nitrogens with one attached hydrogen (secondary N) is 1. The van der Waals surface area contributed by atoms with Crippen LogP contribution < -0.4 is 5.32 Å². The van der Waals surface area contributed by atoms with E-state index in [-0.39, 0.29) is 12.0 Å². The Bertz CT molecular complexity index is 509. The first-order chi connectivity index (χ1) is 11.8. The molecule has 1 aromatic rings. The van der Waals surface area contributed by atoms with E-state index in [1.165, 1.54) is 18.5 Å². The van der Waals surface area contributed by atoms with E-state index in [1.54, 1.807) is 0 Å². The SMILES string of the molecule is CC(C)C(CO)CNCC1(C(C)(C)C)CCN(Cc2ccccc2)C1. The molecule has 25 heavy (non-hydrogen) atoms. The standard InChI is InChI=1S/C22H38N2O/c1-18(2)20(15-25)13-23-16-22(21(3,4)5)11-12-24(17-22)14-19-9-7-6-8-10-19/h6-10,18,20,23,25H,11-17H2,1-5H3. The summed E-state index contributed by atoms with van der Waals surface area (Å²) in [6, 6.07) is 10.8. The second kappa shape index (κ2) is 8.66. The summed E-state index contributed by atoms with van der Waals surface area (Å²) in [5.41, 5.74) is 1.96. The molecule has 0 amide bonds. The zero-order chi connectivity index (χ0) is 18.5. The van der Waals surface area contributed by atoms with Crippen LogP contribution in [-0.4, -0.2) is 42.8 Å². The first-order valence-electron chi connectivity index (χ1n) is 9.85. The Morgan fingerprint density at radius 1 is 1.20 bits per heavy atom. The van der Waals surface area contributed by atoms with Crippen LogP contribution in [0.1, 0.15) is 46.6 Å². The molecule has 142 valence electrons. The fraction of sp³-hybridized carbons (Fsp3) is 0.727. The minimum absolute atomic E-state index is 0.262. The van der Waals surface area contributed by atoms with Gasteiger partial charge in [-0.25, -0.2) is 0 Å². The van der Waals surface area contributed by atoms with Gasteiger partial charge in [-0.15, -0.1) is 0 Å². The zero-order valence-corrected chi connectivity index (χ0v) is 16.9. The van der Waals surface area contributed by atoms with Crippen LogP contribution >= 0.6 is 0 Å². The molecule has 1 saturated heterocycles. The number of aliphatic hydroxyl groups excluding tert-OH is 1. The first-order valence-corrected chi connectivity index (χ1v) is 9.85. The van der Waals surface area contributed by atoms with E-state index in [0.29, 0.717) is 17.3 Å². The van der Waals surface area contributed by atoms with Gasteiger partial charge in [0.25, 0.3) is 0 Å². The quantitative estimate of drug-likeness (QED) is 0.752. The van der Waals surface area contributed by atoms with E-state index in [2.05, 4.69) is 75.2 Å². The Hall–Kier alpha value is -0.900. The summed E-state index contributed by atoms with van der Waals surface area (Å²) >= 11 is 0. The van der Waals surface area contributed by atoms with E-state index >= 15 is 0 Å². The molecule has 0 aromatic heterocycles. The lowest BCUT2D eigenvalue weighted by atomic mass is 9.66. The summed E-state index contributed by atoms with van der Waals surface area (Å²) in [5, 5.41) is 13.3. The molecule has 0 radical (unpaired) electrons. The molecule has 2 atom stereocenters. The van der Waals surface area contributed by atoms with Crippen LogP contribution in [0.5, 0.6) is 0 Å². The van der Waals surface area contributed by atoms with E-state index < -0.39 is 0 Å². The number of likely N-dealkylation sites (tertiary alicyclic amines) is 1. The average Bonchev–Trinajstić information content (AvgIpc) is 2.96. The van der Waals surface area contributed by atoms with Crippen molar-refractivity contribution in [3.8, 4) is 0 Å². The maximum atomic E-state index is 9.57. The number of hydrogen-bond donors (Lipinski definition) is 2. The van der Waals surface area contributed by atoms with Crippen LogP contribution in [-0.2, 0) is 6.54 Å². The maximum Gasteiger partial charge on any atom is 0.0473 e. The van der Waals surface area contributed by atoms with E-state index in [0.717, 1.165) is 26.2 Å². The molecule has 1 heterocycles. The van der Waals surface area contributed by atoms with Crippen LogP contribution in [0.25, 0.3) is 0 Å². The number of nitrogens with zero attached hydrogens (tertiary/aromatic N) is 1. The average molecular weight is 347 g/mol. The predicted octanol–water partition coefficient (Wildman–Crippen LogP) is 3.78. The lowest BCUT2D eigenvalue weighted by Crippen LogP contribution is -2.47. The van der Waals surface area contributed by atoms with Gasteiger partial charge in [-0.05, 0) is 35.8 Å². The number of rotatable bonds is 8. The second-order valence-corrected chi connectivity index (χ2v) is 9.29. The van der Waals surface area contributed by atoms with Crippen molar-refractivity contribution in [1.29, 1.82) is 0 Å². The molecule has 3 heteroatoms. The highest BCUT2D eigenvalue weighted by atomic mass is 16.3. The van der Waals surface area contributed by atoms with Crippen molar-refractivity contribution in [2.45, 2.75) is 47.6 Å². The third kappa shape index (κ3) is 5.29. The van der Waals surface area contributed by atoms with Crippen molar-refractivity contribution in [3.05, 3.63) is 35.9 Å². The van der Waals surface area contributed by atoms with Crippen LogP contribution in [0.2, 0.25) is 0 Å². The predicted molar refractivity (Wildman–Crippen MR) is 107 cm³/mol. The van der Waals surface area contributed by atoms with Gasteiger partial charge in [-0.1, -0.05) is 65.0 Å². The Morgan fingerprint density at radius 2 is 1.88 bits per heavy atom. The van der Waals surface area contributed by atoms with Gasteiger partial charge in [0.15, 0.2) is 0 Å². The summed E-state index contributed by atoms with van der Waals surface area (Å²) in [5.74, 6) is 0.861. The smallest absolute Gasteiger partial charge is 0.0473 e. The fourth-order valence-electron chi connectivity index (χ4n) is 3.96. The number of benzene rings is 1. The molecule has 2 N–H and O–H groups in total. The highest BCUT2D eigenvalue weighted by Gasteiger charge is 2.46. The molecular weight excluding hydrogens is 308 g/mol. The largest absolute Gasteiger partial charge is 0.396 e. The van der Waals surface area contributed by atoms with E-state index in [9.17, 15) is 5.11 Å². The summed E-state index contributed by atoms with van der Waals surface area (Å²) in [7, 11) is 0. The number of aliphatic hydroxyl groups is 1. The topological polar surface area (TPSA) is 35.5 Å². The molecule has 0 aliphatic carbocycles. The van der Waals surface area contributed by atoms with Crippen molar-refractivity contribution in [1.82, 2.24) is 10.2 Å². The third-order valence-corrected chi connectivity index (χ3v) is 6.32. The van der Waals surface area contributed by atoms with Gasteiger partial charge in [0.05, 0.1) is 0 Å². The summed E-state index contributed by atoms with van der Waals surface area (Å²) in [6.07, 6.45) is 1.24. The normalized spacial score (nSPS) is 23.3. The second-order valence-electron chi connectivity index (χ2n) is 9.29. The monoisotopic (exact) mass is 346 g/mol. The maximum absolute atomic E-state index is 9.57. The molecule has 3 nitrogen and oxygen atoms in total. The first kappa shape index (κ1) is 20.4. The Balaban J connectivity index is 1.97. The molecule has 1 aliphatic rings. The van der Waals surface area contributed by atoms with Crippen LogP contribution in [0.15, 0.2) is 30.3 Å². The van der Waals surface area contributed by atoms with E-state index in [4.69, 9.17) is 0 Å². The Morgan fingerprint density at radius 3 is 2.44 bits per heavy atom. The minimum atomic E-state index is 0.262. The van der Waals surface area contributed by atoms with Crippen molar-refractivity contribution in [3.63, 3.8) is 0 Å². The molecule has 2 rings (SSSR count). The van der Waals surface area contributed by atoms with Gasteiger partial charge in [0, 0.05) is 38.2 Å². The summed E-state index contributed by atoms with van der Waals surface area (Å²) in [6.45, 7) is 17.1. The lowest BCUT2D eigenvalue weighted by molar-refractivity contribution is 0.0851. The highest BCUT2D eigenvalue weighted by molar-refractivity contribution is 5.15. The molecule has 2 unspecified atom stereocenters. The van der Waals surface area contributed by atoms with E-state index in [1.807, 2.05) is 0 Å². The van der Waals surface area contributed by atoms with Crippen LogP contribution in [0, 0.1) is 22.7 Å². The zero-order valence-electron chi connectivity index (χ0n) is 16.9. The summed E-state index contributed by atoms with van der Waals surface area (Å²) < 4.78 is 0. The Kier molecular flexibility index (Phi) is 7.07. The van der Waals surface area contributed by atoms with Crippen molar-refractivity contribution in [2.75, 3.05) is 32.8 Å². The summed E-state index contributed by atoms with van der Waals surface area (Å²) in [4.78, 5) is 2.61. The highest BCUT2D eigenvalue weighted by Crippen LogP contribution is 2.45. The minimum Gasteiger partial charge on any atom is -0.396 e. The molecule has 0 bridgehead atoms. The molecule has 1 fully saturated rings. The third-order valence-electron chi connectivity index (χ3n) is 6.32. The van der Waals surface area contributed by atoms with Gasteiger partial charge in [0.2, 0.25) is 0 Å². The number of hydrogen-bond acceptors (Lipinski definition) is 3. The van der Waals surface area contributed by atoms with Crippen LogP contribution in [0.3, 0.4) is 0 Å². The van der Waals surface area contributed by atoms with Gasteiger partial charge < -0.3 is 10.4 Å². The fourth-order valence-corrected chi connectivity index (χ4v) is 3.96. The van der Waals surface area contributed by atoms with Crippen molar-refractivity contribution < 1.29 is 5.11 Å². The van der Waals surface area contributed by atoms with Gasteiger partial charge in [-0.2, -0.15) is 0 Å². The van der Waals surface area contributed by atoms with Crippen molar-refractivity contribution in [2.24, 2.45) is 22.7 Å². The van der Waals surface area contributed by atoms with Gasteiger partial charge >= 0.3 is 0 Å². The molecular formula is C22H38N2O. The molecule has 1 aromatic carbocycles. The van der Waals surface area contributed by atoms with Crippen molar-refractivity contribution >= 4 is 0 Å². The van der Waals surface area contributed by atoms with Crippen LogP contribution in [0.4, 0.5) is 0 Å². The van der Waals surface area contributed by atoms with Gasteiger partial charge in [-0.3, -0.25) is 4.90 Å². The molecule has 0 saturated carbocycles.